The quantitative estimate of drug-likeness (QED) is 0.0649. The number of phenols is 2. The summed E-state index contributed by atoms with van der Waals surface area (Å²) in [5.41, 5.74) is 2.28. The minimum atomic E-state index is -1.24. The summed E-state index contributed by atoms with van der Waals surface area (Å²) in [6.45, 7) is 2.70. The van der Waals surface area contributed by atoms with Gasteiger partial charge in [-0.15, -0.1) is 0 Å². The summed E-state index contributed by atoms with van der Waals surface area (Å²) in [5, 5.41) is 51.4. The Labute approximate surface area is 342 Å². The highest BCUT2D eigenvalue weighted by molar-refractivity contribution is 5.95. The number of fused-ring (bicyclic) bond motifs is 5. The molecule has 0 saturated carbocycles. The van der Waals surface area contributed by atoms with Crippen LogP contribution >= 0.6 is 0 Å². The van der Waals surface area contributed by atoms with Gasteiger partial charge in [0.15, 0.2) is 0 Å². The lowest BCUT2D eigenvalue weighted by atomic mass is 9.95. The summed E-state index contributed by atoms with van der Waals surface area (Å²) in [5.74, 6) is -2.22. The zero-order valence-electron chi connectivity index (χ0n) is 34.7. The van der Waals surface area contributed by atoms with E-state index in [0.717, 1.165) is 0 Å². The molecule has 0 fully saturated rings. The average molecular weight is 811 g/mol. The molecular weight excluding hydrogens is 745 g/mol. The predicted molar refractivity (Wildman–Crippen MR) is 224 cm³/mol. The molecule has 0 aliphatic carbocycles. The van der Waals surface area contributed by atoms with Crippen LogP contribution in [0.15, 0.2) is 36.4 Å². The summed E-state index contributed by atoms with van der Waals surface area (Å²) in [4.78, 5) is 67.9. The molecule has 58 heavy (non-hydrogen) atoms. The van der Waals surface area contributed by atoms with Crippen molar-refractivity contribution in [2.45, 2.75) is 88.0 Å². The van der Waals surface area contributed by atoms with Crippen molar-refractivity contribution in [1.29, 1.82) is 0 Å². The number of carbonyl (C=O) groups excluding carboxylic acids is 5. The van der Waals surface area contributed by atoms with Gasteiger partial charge in [0.1, 0.15) is 29.6 Å². The molecule has 2 aromatic rings. The molecule has 0 radical (unpaired) electrons. The van der Waals surface area contributed by atoms with Crippen LogP contribution in [0, 0.1) is 0 Å². The van der Waals surface area contributed by atoms with Crippen molar-refractivity contribution in [3.05, 3.63) is 47.5 Å². The molecule has 1 aliphatic heterocycles. The molecule has 5 atom stereocenters. The third kappa shape index (κ3) is 15.5. The van der Waals surface area contributed by atoms with Crippen LogP contribution in [0.2, 0.25) is 0 Å². The Hall–Kier alpha value is -4.81. The van der Waals surface area contributed by atoms with Crippen LogP contribution in [-0.2, 0) is 36.8 Å². The molecule has 3 rings (SSSR count). The van der Waals surface area contributed by atoms with Crippen LogP contribution in [0.25, 0.3) is 11.1 Å². The monoisotopic (exact) mass is 811 g/mol. The summed E-state index contributed by atoms with van der Waals surface area (Å²) < 4.78 is 0. The molecule has 4 bridgehead atoms. The Bertz CT molecular complexity index is 1640. The van der Waals surface area contributed by atoms with Crippen molar-refractivity contribution in [3.63, 3.8) is 0 Å². The van der Waals surface area contributed by atoms with Gasteiger partial charge in [-0.2, -0.15) is 0 Å². The van der Waals surface area contributed by atoms with Gasteiger partial charge >= 0.3 is 0 Å². The van der Waals surface area contributed by atoms with Crippen LogP contribution in [0.3, 0.4) is 0 Å². The van der Waals surface area contributed by atoms with Gasteiger partial charge in [0, 0.05) is 44.9 Å². The van der Waals surface area contributed by atoms with Crippen molar-refractivity contribution < 1.29 is 34.2 Å². The van der Waals surface area contributed by atoms with E-state index in [4.69, 9.17) is 0 Å². The maximum Gasteiger partial charge on any atom is 0.243 e. The molecular formula is C41H66N10O7. The first-order valence-electron chi connectivity index (χ1n) is 20.3. The van der Waals surface area contributed by atoms with Crippen molar-refractivity contribution in [2.24, 2.45) is 0 Å². The summed E-state index contributed by atoms with van der Waals surface area (Å²) in [7, 11) is 8.81. The van der Waals surface area contributed by atoms with Crippen molar-refractivity contribution in [2.75, 3.05) is 68.0 Å². The SMILES string of the molecule is CNCCC[C@H](NC(=O)[C@@H]1Cc2cc(ccc2O)-c2ccc(O)c(c2)C[C@H](NC)C(=O)N[C@@H](CCCNC)C(=O)N1)C(=O)NCCC[C@@H](CC(=O)NCCNC)NC. The highest BCUT2D eigenvalue weighted by atomic mass is 16.3. The number of hydrogen-bond acceptors (Lipinski definition) is 12. The first kappa shape index (κ1) is 47.6. The molecule has 17 heteroatoms. The molecule has 0 saturated heterocycles. The normalized spacial score (nSPS) is 18.1. The lowest BCUT2D eigenvalue weighted by Crippen LogP contribution is -2.58. The van der Waals surface area contributed by atoms with E-state index in [1.807, 2.05) is 7.05 Å². The minimum absolute atomic E-state index is 0.0102. The van der Waals surface area contributed by atoms with Gasteiger partial charge in [-0.05, 0) is 133 Å². The second-order valence-electron chi connectivity index (χ2n) is 14.7. The molecule has 5 amide bonds. The summed E-state index contributed by atoms with van der Waals surface area (Å²) in [6, 6.07) is 5.91. The zero-order valence-corrected chi connectivity index (χ0v) is 34.7. The van der Waals surface area contributed by atoms with Crippen LogP contribution in [-0.4, -0.2) is 138 Å². The van der Waals surface area contributed by atoms with Crippen LogP contribution in [0.4, 0.5) is 0 Å². The summed E-state index contributed by atoms with van der Waals surface area (Å²) in [6.07, 6.45) is 3.20. The van der Waals surface area contributed by atoms with Crippen molar-refractivity contribution in [1.82, 2.24) is 53.2 Å². The molecule has 12 N–H and O–H groups in total. The number of carbonyl (C=O) groups is 5. The van der Waals surface area contributed by atoms with Gasteiger partial charge in [0.05, 0.1) is 6.04 Å². The van der Waals surface area contributed by atoms with Crippen LogP contribution in [0.1, 0.15) is 56.1 Å². The lowest BCUT2D eigenvalue weighted by Gasteiger charge is -2.27. The Morgan fingerprint density at radius 2 is 1.34 bits per heavy atom. The third-order valence-corrected chi connectivity index (χ3v) is 10.3. The van der Waals surface area contributed by atoms with Crippen molar-refractivity contribution in [3.8, 4) is 22.6 Å². The number of nitrogens with one attached hydrogen (secondary N) is 10. The molecule has 2 aromatic carbocycles. The maximum atomic E-state index is 14.3. The van der Waals surface area contributed by atoms with Gasteiger partial charge < -0.3 is 63.4 Å². The Balaban J connectivity index is 1.89. The average Bonchev–Trinajstić information content (AvgIpc) is 3.21. The second kappa shape index (κ2) is 25.5. The second-order valence-corrected chi connectivity index (χ2v) is 14.7. The number of likely N-dealkylation sites (N-methyl/N-ethyl adjacent to an activating group) is 2. The third-order valence-electron chi connectivity index (χ3n) is 10.3. The van der Waals surface area contributed by atoms with Gasteiger partial charge in [-0.3, -0.25) is 24.0 Å². The topological polar surface area (TPSA) is 246 Å². The first-order valence-corrected chi connectivity index (χ1v) is 20.3. The molecule has 0 spiro atoms. The van der Waals surface area contributed by atoms with E-state index in [-0.39, 0.29) is 48.6 Å². The predicted octanol–water partition coefficient (Wildman–Crippen LogP) is -0.885. The molecule has 1 aliphatic rings. The number of phenolic OH excluding ortho intramolecular Hbond substituents is 2. The standard InChI is InChI=1S/C41H66N10O7/c1-42-16-7-10-31(38(55)48-18-6-9-30(45-4)25-37(54)47-20-19-44-3)49-41(58)34-24-29-22-27(13-15-36(29)53)26-12-14-35(52)28(21-26)23-33(46-5)40(57)50-32(39(56)51-34)11-8-17-43-2/h12-15,21-22,30-34,42-46,52-53H,6-11,16-20,23-25H2,1-5H3,(H,47,54)(H,48,55)(H,49,58)(H,50,57)(H,51,56)/t30-,31-,32-,33-,34-/m0/s1. The largest absolute Gasteiger partial charge is 0.508 e. The van der Waals surface area contributed by atoms with Crippen LogP contribution < -0.4 is 53.2 Å². The Morgan fingerprint density at radius 3 is 1.97 bits per heavy atom. The van der Waals surface area contributed by atoms with Gasteiger partial charge in [0.25, 0.3) is 0 Å². The van der Waals surface area contributed by atoms with E-state index in [0.29, 0.717) is 93.5 Å². The smallest absolute Gasteiger partial charge is 0.243 e. The fourth-order valence-corrected chi connectivity index (χ4v) is 6.81. The van der Waals surface area contributed by atoms with E-state index in [9.17, 15) is 34.2 Å². The van der Waals surface area contributed by atoms with E-state index in [1.165, 1.54) is 6.07 Å². The molecule has 1 heterocycles. The van der Waals surface area contributed by atoms with Gasteiger partial charge in [-0.25, -0.2) is 0 Å². The number of benzene rings is 2. The Kier molecular flexibility index (Phi) is 20.9. The maximum absolute atomic E-state index is 14.3. The number of hydrogen-bond donors (Lipinski definition) is 12. The van der Waals surface area contributed by atoms with Gasteiger partial charge in [-0.1, -0.05) is 12.1 Å². The summed E-state index contributed by atoms with van der Waals surface area (Å²) >= 11 is 0. The highest BCUT2D eigenvalue weighted by Gasteiger charge is 2.32. The fraction of sp³-hybridized carbons (Fsp3) is 0.585. The van der Waals surface area contributed by atoms with E-state index < -0.39 is 41.9 Å². The fourth-order valence-electron chi connectivity index (χ4n) is 6.81. The minimum Gasteiger partial charge on any atom is -0.508 e. The first-order chi connectivity index (χ1) is 27.9. The lowest BCUT2D eigenvalue weighted by molar-refractivity contribution is -0.134. The number of amides is 5. The van der Waals surface area contributed by atoms with Crippen LogP contribution in [0.5, 0.6) is 11.5 Å². The molecule has 0 aromatic heterocycles. The number of aromatic hydroxyl groups is 2. The van der Waals surface area contributed by atoms with E-state index in [2.05, 4.69) is 53.2 Å². The highest BCUT2D eigenvalue weighted by Crippen LogP contribution is 2.31. The van der Waals surface area contributed by atoms with Gasteiger partial charge in [0.2, 0.25) is 29.5 Å². The van der Waals surface area contributed by atoms with E-state index in [1.54, 1.807) is 58.5 Å². The van der Waals surface area contributed by atoms with E-state index >= 15 is 0 Å². The van der Waals surface area contributed by atoms with Crippen molar-refractivity contribution >= 4 is 29.5 Å². The Morgan fingerprint density at radius 1 is 0.724 bits per heavy atom. The number of rotatable bonds is 22. The molecule has 322 valence electrons. The molecule has 0 unspecified atom stereocenters. The zero-order chi connectivity index (χ0) is 42.5. The molecule has 17 nitrogen and oxygen atoms in total.